The van der Waals surface area contributed by atoms with Crippen LogP contribution in [-0.2, 0) is 4.74 Å². The van der Waals surface area contributed by atoms with Crippen molar-refractivity contribution in [2.24, 2.45) is 5.41 Å². The van der Waals surface area contributed by atoms with Crippen LogP contribution in [-0.4, -0.2) is 35.7 Å². The lowest BCUT2D eigenvalue weighted by Gasteiger charge is -2.59. The first-order valence-corrected chi connectivity index (χ1v) is 8.76. The van der Waals surface area contributed by atoms with Crippen LogP contribution in [0.2, 0.25) is 0 Å². The number of likely N-dealkylation sites (tertiary alicyclic amines) is 1. The summed E-state index contributed by atoms with van der Waals surface area (Å²) < 4.78 is 5.42. The summed E-state index contributed by atoms with van der Waals surface area (Å²) >= 11 is 0. The number of anilines is 1. The topological polar surface area (TPSA) is 67.6 Å². The summed E-state index contributed by atoms with van der Waals surface area (Å²) in [6, 6.07) is 8.76. The summed E-state index contributed by atoms with van der Waals surface area (Å²) in [5, 5.41) is 3.66. The van der Waals surface area contributed by atoms with Crippen LogP contribution in [0.15, 0.2) is 24.3 Å². The van der Waals surface area contributed by atoms with E-state index in [0.29, 0.717) is 11.5 Å². The lowest BCUT2D eigenvalue weighted by Crippen LogP contribution is -2.67. The molecule has 1 spiro atoms. The number of carbonyl (C=O) groups excluding carboxylic acids is 1. The van der Waals surface area contributed by atoms with Crippen molar-refractivity contribution in [3.05, 3.63) is 29.8 Å². The van der Waals surface area contributed by atoms with Crippen LogP contribution in [0.25, 0.3) is 0 Å². The number of nitrogens with two attached hydrogens (primary N) is 1. The van der Waals surface area contributed by atoms with E-state index >= 15 is 0 Å². The molecule has 3 N–H and O–H groups in total. The third-order valence-corrected chi connectivity index (χ3v) is 5.01. The molecule has 2 fully saturated rings. The number of nitrogen functional groups attached to an aromatic ring is 1. The van der Waals surface area contributed by atoms with Gasteiger partial charge in [-0.05, 0) is 52.2 Å². The van der Waals surface area contributed by atoms with Crippen molar-refractivity contribution in [2.45, 2.75) is 58.2 Å². The maximum Gasteiger partial charge on any atom is 0.410 e. The Morgan fingerprint density at radius 3 is 2.54 bits per heavy atom. The van der Waals surface area contributed by atoms with Crippen molar-refractivity contribution in [1.82, 2.24) is 10.2 Å². The number of rotatable bonds is 3. The first kappa shape index (κ1) is 17.1. The number of carbonyl (C=O) groups is 1. The first-order chi connectivity index (χ1) is 11.2. The Labute approximate surface area is 144 Å². The molecule has 132 valence electrons. The van der Waals surface area contributed by atoms with Crippen LogP contribution in [0.5, 0.6) is 0 Å². The van der Waals surface area contributed by atoms with Gasteiger partial charge in [0.15, 0.2) is 0 Å². The van der Waals surface area contributed by atoms with Crippen LogP contribution in [0, 0.1) is 5.41 Å². The number of benzene rings is 1. The molecule has 3 rings (SSSR count). The van der Waals surface area contributed by atoms with Gasteiger partial charge < -0.3 is 20.7 Å². The van der Waals surface area contributed by atoms with E-state index in [-0.39, 0.29) is 12.1 Å². The van der Waals surface area contributed by atoms with Crippen molar-refractivity contribution >= 4 is 11.8 Å². The molecular weight excluding hydrogens is 302 g/mol. The summed E-state index contributed by atoms with van der Waals surface area (Å²) in [5.74, 6) is 0. The lowest BCUT2D eigenvalue weighted by molar-refractivity contribution is -0.0841. The maximum absolute atomic E-state index is 12.0. The molecule has 24 heavy (non-hydrogen) atoms. The highest BCUT2D eigenvalue weighted by Gasteiger charge is 2.54. The van der Waals surface area contributed by atoms with E-state index in [9.17, 15) is 4.79 Å². The van der Waals surface area contributed by atoms with Crippen molar-refractivity contribution < 1.29 is 9.53 Å². The molecule has 1 aliphatic carbocycles. The number of hydrogen-bond donors (Lipinski definition) is 2. The van der Waals surface area contributed by atoms with Gasteiger partial charge >= 0.3 is 6.09 Å². The molecule has 0 radical (unpaired) electrons. The zero-order valence-corrected chi connectivity index (χ0v) is 15.1. The van der Waals surface area contributed by atoms with Gasteiger partial charge in [-0.3, -0.25) is 0 Å². The highest BCUT2D eigenvalue weighted by Crippen LogP contribution is 2.49. The van der Waals surface area contributed by atoms with Crippen LogP contribution >= 0.6 is 0 Å². The molecule has 0 aromatic heterocycles. The highest BCUT2D eigenvalue weighted by atomic mass is 16.6. The third-order valence-electron chi connectivity index (χ3n) is 5.01. The average molecular weight is 331 g/mol. The predicted octanol–water partition coefficient (Wildman–Crippen LogP) is 3.32. The molecule has 1 unspecified atom stereocenters. The van der Waals surface area contributed by atoms with Gasteiger partial charge in [-0.15, -0.1) is 0 Å². The van der Waals surface area contributed by atoms with Gasteiger partial charge in [0, 0.05) is 36.3 Å². The van der Waals surface area contributed by atoms with Gasteiger partial charge in [0.05, 0.1) is 0 Å². The van der Waals surface area contributed by atoms with E-state index in [1.807, 2.05) is 43.9 Å². The molecule has 0 bridgehead atoms. The van der Waals surface area contributed by atoms with Crippen LogP contribution in [0.3, 0.4) is 0 Å². The predicted molar refractivity (Wildman–Crippen MR) is 95.7 cm³/mol. The molecule has 5 heteroatoms. The third kappa shape index (κ3) is 3.51. The Morgan fingerprint density at radius 2 is 1.96 bits per heavy atom. The summed E-state index contributed by atoms with van der Waals surface area (Å²) in [7, 11) is 0. The van der Waals surface area contributed by atoms with Crippen molar-refractivity contribution in [2.75, 3.05) is 18.8 Å². The Bertz CT molecular complexity index is 609. The molecule has 1 aromatic rings. The molecule has 1 amide bonds. The number of para-hydroxylation sites is 1. The van der Waals surface area contributed by atoms with Crippen LogP contribution in [0.1, 0.15) is 52.1 Å². The minimum Gasteiger partial charge on any atom is -0.444 e. The zero-order valence-electron chi connectivity index (χ0n) is 15.1. The van der Waals surface area contributed by atoms with Crippen molar-refractivity contribution in [3.63, 3.8) is 0 Å². The molecule has 1 heterocycles. The second kappa shape index (κ2) is 5.96. The quantitative estimate of drug-likeness (QED) is 0.834. The Balaban J connectivity index is 1.44. The summed E-state index contributed by atoms with van der Waals surface area (Å²) in [5.41, 5.74) is 7.93. The Hall–Kier alpha value is -1.75. The average Bonchev–Trinajstić information content (AvgIpc) is 2.37. The summed E-state index contributed by atoms with van der Waals surface area (Å²) in [6.45, 7) is 9.51. The van der Waals surface area contributed by atoms with Gasteiger partial charge in [0.1, 0.15) is 5.60 Å². The standard InChI is InChI=1S/C19H29N3O2/c1-13(15-7-5-6-8-16(15)20)21-14-9-19(10-14)11-22(12-19)17(23)24-18(2,3)4/h5-8,13-14,21H,9-12,20H2,1-4H3. The second-order valence-electron chi connectivity index (χ2n) is 8.46. The summed E-state index contributed by atoms with van der Waals surface area (Å²) in [6.07, 6.45) is 2.04. The second-order valence-corrected chi connectivity index (χ2v) is 8.46. The molecule has 1 saturated carbocycles. The fourth-order valence-corrected chi connectivity index (χ4v) is 3.93. The van der Waals surface area contributed by atoms with E-state index < -0.39 is 5.60 Å². The number of ether oxygens (including phenoxy) is 1. The monoisotopic (exact) mass is 331 g/mol. The van der Waals surface area contributed by atoms with Gasteiger partial charge in [-0.2, -0.15) is 0 Å². The highest BCUT2D eigenvalue weighted by molar-refractivity contribution is 5.69. The van der Waals surface area contributed by atoms with Crippen LogP contribution < -0.4 is 11.1 Å². The number of nitrogens with zero attached hydrogens (tertiary/aromatic N) is 1. The van der Waals surface area contributed by atoms with Crippen molar-refractivity contribution in [1.29, 1.82) is 0 Å². The SMILES string of the molecule is CC(NC1CC2(C1)CN(C(=O)OC(C)(C)C)C2)c1ccccc1N. The normalized spacial score (nSPS) is 21.1. The number of nitrogens with one attached hydrogen (secondary N) is 1. The molecule has 1 saturated heterocycles. The van der Waals surface area contributed by atoms with Gasteiger partial charge in [-0.25, -0.2) is 4.79 Å². The Kier molecular flexibility index (Phi) is 4.24. The number of amides is 1. The number of hydrogen-bond acceptors (Lipinski definition) is 4. The van der Waals surface area contributed by atoms with E-state index in [1.54, 1.807) is 0 Å². The summed E-state index contributed by atoms with van der Waals surface area (Å²) in [4.78, 5) is 13.8. The van der Waals surface area contributed by atoms with Gasteiger partial charge in [0.25, 0.3) is 0 Å². The molecule has 1 aromatic carbocycles. The van der Waals surface area contributed by atoms with Gasteiger partial charge in [-0.1, -0.05) is 18.2 Å². The maximum atomic E-state index is 12.0. The molecule has 5 nitrogen and oxygen atoms in total. The Morgan fingerprint density at radius 1 is 1.33 bits per heavy atom. The van der Waals surface area contributed by atoms with E-state index in [4.69, 9.17) is 10.5 Å². The van der Waals surface area contributed by atoms with Gasteiger partial charge in [0.2, 0.25) is 0 Å². The first-order valence-electron chi connectivity index (χ1n) is 8.76. The molecular formula is C19H29N3O2. The van der Waals surface area contributed by atoms with Crippen LogP contribution in [0.4, 0.5) is 10.5 Å². The minimum atomic E-state index is -0.422. The molecule has 1 atom stereocenters. The zero-order chi connectivity index (χ0) is 17.5. The fourth-order valence-electron chi connectivity index (χ4n) is 3.93. The van der Waals surface area contributed by atoms with E-state index in [1.165, 1.54) is 0 Å². The largest absolute Gasteiger partial charge is 0.444 e. The lowest BCUT2D eigenvalue weighted by atomic mass is 9.60. The fraction of sp³-hybridized carbons (Fsp3) is 0.632. The van der Waals surface area contributed by atoms with E-state index in [2.05, 4.69) is 18.3 Å². The molecule has 1 aliphatic heterocycles. The minimum absolute atomic E-state index is 0.185. The smallest absolute Gasteiger partial charge is 0.410 e. The molecule has 2 aliphatic rings. The van der Waals surface area contributed by atoms with E-state index in [0.717, 1.165) is 37.2 Å². The van der Waals surface area contributed by atoms with Crippen molar-refractivity contribution in [3.8, 4) is 0 Å².